The average molecular weight is 344 g/mol. The first kappa shape index (κ1) is 14.4. The van der Waals surface area contributed by atoms with Crippen LogP contribution in [-0.2, 0) is 0 Å². The van der Waals surface area contributed by atoms with Gasteiger partial charge in [-0.05, 0) is 17.7 Å². The molecule has 0 amide bonds. The van der Waals surface area contributed by atoms with Gasteiger partial charge in [0, 0.05) is 17.3 Å². The summed E-state index contributed by atoms with van der Waals surface area (Å²) in [5.41, 5.74) is 1.20. The van der Waals surface area contributed by atoms with Crippen molar-refractivity contribution in [3.63, 3.8) is 0 Å². The van der Waals surface area contributed by atoms with Gasteiger partial charge in [-0.2, -0.15) is 0 Å². The third-order valence-electron chi connectivity index (χ3n) is 2.80. The number of rotatable bonds is 5. The summed E-state index contributed by atoms with van der Waals surface area (Å²) in [4.78, 5) is 0. The van der Waals surface area contributed by atoms with Crippen molar-refractivity contribution in [1.82, 2.24) is 0 Å². The van der Waals surface area contributed by atoms with Crippen LogP contribution in [0, 0.1) is 5.82 Å². The summed E-state index contributed by atoms with van der Waals surface area (Å²) in [5.74, 6) is 0.382. The van der Waals surface area contributed by atoms with Crippen molar-refractivity contribution in [1.29, 1.82) is 0 Å². The molecule has 2 aromatic rings. The molecule has 0 heterocycles. The van der Waals surface area contributed by atoms with E-state index < -0.39 is 5.82 Å². The Hall–Kier alpha value is -1.06. The molecule has 0 bridgehead atoms. The fourth-order valence-corrected chi connectivity index (χ4v) is 2.45. The Morgan fingerprint density at radius 2 is 1.89 bits per heavy atom. The molecule has 0 N–H and O–H groups in total. The lowest BCUT2D eigenvalue weighted by Gasteiger charge is -2.15. The summed E-state index contributed by atoms with van der Waals surface area (Å²) < 4.78 is 18.7. The maximum atomic E-state index is 13.0. The predicted molar refractivity (Wildman–Crippen MR) is 79.9 cm³/mol. The van der Waals surface area contributed by atoms with Gasteiger partial charge in [-0.15, -0.1) is 0 Å². The Morgan fingerprint density at radius 1 is 1.16 bits per heavy atom. The van der Waals surface area contributed by atoms with Crippen LogP contribution in [0.4, 0.5) is 4.39 Å². The highest BCUT2D eigenvalue weighted by Crippen LogP contribution is 2.24. The molecule has 0 radical (unpaired) electrons. The number of hydrogen-bond acceptors (Lipinski definition) is 1. The van der Waals surface area contributed by atoms with Crippen molar-refractivity contribution in [2.45, 2.75) is 5.92 Å². The molecule has 4 heteroatoms. The summed E-state index contributed by atoms with van der Waals surface area (Å²) in [7, 11) is 0. The summed E-state index contributed by atoms with van der Waals surface area (Å²) in [6.07, 6.45) is 0. The van der Waals surface area contributed by atoms with Crippen molar-refractivity contribution in [3.8, 4) is 5.75 Å². The Balaban J connectivity index is 2.02. The summed E-state index contributed by atoms with van der Waals surface area (Å²) in [6.45, 7) is 0.511. The van der Waals surface area contributed by atoms with E-state index in [4.69, 9.17) is 16.3 Å². The fraction of sp³-hybridized carbons (Fsp3) is 0.200. The van der Waals surface area contributed by atoms with Gasteiger partial charge in [0.25, 0.3) is 0 Å². The van der Waals surface area contributed by atoms with Crippen molar-refractivity contribution in [2.24, 2.45) is 0 Å². The van der Waals surface area contributed by atoms with Crippen molar-refractivity contribution >= 4 is 27.5 Å². The van der Waals surface area contributed by atoms with Crippen LogP contribution in [0.5, 0.6) is 5.75 Å². The summed E-state index contributed by atoms with van der Waals surface area (Å²) in [5, 5.41) is 0.874. The number of alkyl halides is 1. The monoisotopic (exact) mass is 342 g/mol. The van der Waals surface area contributed by atoms with Crippen LogP contribution in [0.15, 0.2) is 48.5 Å². The molecule has 0 aromatic heterocycles. The summed E-state index contributed by atoms with van der Waals surface area (Å²) in [6, 6.07) is 14.5. The number of benzene rings is 2. The topological polar surface area (TPSA) is 9.23 Å². The molecule has 19 heavy (non-hydrogen) atoms. The van der Waals surface area contributed by atoms with Crippen molar-refractivity contribution in [2.75, 3.05) is 11.9 Å². The third-order valence-corrected chi connectivity index (χ3v) is 3.87. The minimum Gasteiger partial charge on any atom is -0.493 e. The molecule has 2 rings (SSSR count). The molecule has 2 aromatic carbocycles. The second kappa shape index (κ2) is 6.92. The molecular formula is C15H13BrClFO. The van der Waals surface area contributed by atoms with Crippen LogP contribution in [0.2, 0.25) is 5.02 Å². The SMILES string of the molecule is Fc1ccc(OCC(CBr)c2ccccc2)cc1Cl. The van der Waals surface area contributed by atoms with Gasteiger partial charge in [0.2, 0.25) is 0 Å². The van der Waals surface area contributed by atoms with Crippen molar-refractivity contribution < 1.29 is 9.13 Å². The predicted octanol–water partition coefficient (Wildman–Crippen LogP) is 5.04. The first-order valence-corrected chi connectivity index (χ1v) is 7.39. The maximum Gasteiger partial charge on any atom is 0.142 e. The van der Waals surface area contributed by atoms with Crippen LogP contribution in [0.1, 0.15) is 11.5 Å². The number of halogens is 3. The molecule has 1 unspecified atom stereocenters. The smallest absolute Gasteiger partial charge is 0.142 e. The van der Waals surface area contributed by atoms with E-state index in [1.165, 1.54) is 17.7 Å². The normalized spacial score (nSPS) is 12.2. The zero-order chi connectivity index (χ0) is 13.7. The standard InChI is InChI=1S/C15H13BrClFO/c16-9-12(11-4-2-1-3-5-11)10-19-13-6-7-15(18)14(17)8-13/h1-8,12H,9-10H2. The van der Waals surface area contributed by atoms with Gasteiger partial charge in [-0.3, -0.25) is 0 Å². The highest BCUT2D eigenvalue weighted by Gasteiger charge is 2.11. The van der Waals surface area contributed by atoms with E-state index in [-0.39, 0.29) is 10.9 Å². The maximum absolute atomic E-state index is 13.0. The van der Waals surface area contributed by atoms with E-state index in [9.17, 15) is 4.39 Å². The minimum atomic E-state index is -0.436. The van der Waals surface area contributed by atoms with E-state index in [1.54, 1.807) is 6.07 Å². The van der Waals surface area contributed by atoms with E-state index in [0.29, 0.717) is 12.4 Å². The van der Waals surface area contributed by atoms with Gasteiger partial charge < -0.3 is 4.74 Å². The largest absolute Gasteiger partial charge is 0.493 e. The second-order valence-corrected chi connectivity index (χ2v) is 5.20. The van der Waals surface area contributed by atoms with Crippen LogP contribution in [0.25, 0.3) is 0 Å². The summed E-state index contributed by atoms with van der Waals surface area (Å²) >= 11 is 9.20. The molecule has 0 aliphatic carbocycles. The van der Waals surface area contributed by atoms with E-state index in [2.05, 4.69) is 28.1 Å². The van der Waals surface area contributed by atoms with Crippen molar-refractivity contribution in [3.05, 3.63) is 64.9 Å². The molecule has 100 valence electrons. The van der Waals surface area contributed by atoms with E-state index >= 15 is 0 Å². The zero-order valence-corrected chi connectivity index (χ0v) is 12.5. The van der Waals surface area contributed by atoms with Gasteiger partial charge in [0.15, 0.2) is 0 Å². The highest BCUT2D eigenvalue weighted by atomic mass is 79.9. The minimum absolute atomic E-state index is 0.0765. The molecule has 0 aliphatic rings. The Labute approximate surface area is 125 Å². The Morgan fingerprint density at radius 3 is 2.53 bits per heavy atom. The average Bonchev–Trinajstić information content (AvgIpc) is 2.44. The van der Waals surface area contributed by atoms with E-state index in [1.807, 2.05) is 18.2 Å². The molecule has 0 fully saturated rings. The number of ether oxygens (including phenoxy) is 1. The van der Waals surface area contributed by atoms with Gasteiger partial charge in [0.1, 0.15) is 11.6 Å². The first-order chi connectivity index (χ1) is 9.20. The molecular weight excluding hydrogens is 331 g/mol. The zero-order valence-electron chi connectivity index (χ0n) is 10.2. The van der Waals surface area contributed by atoms with Gasteiger partial charge in [-0.1, -0.05) is 57.9 Å². The molecule has 1 atom stereocenters. The van der Waals surface area contributed by atoms with E-state index in [0.717, 1.165) is 5.33 Å². The lowest BCUT2D eigenvalue weighted by atomic mass is 10.0. The van der Waals surface area contributed by atoms with Crippen LogP contribution < -0.4 is 4.74 Å². The van der Waals surface area contributed by atoms with Gasteiger partial charge >= 0.3 is 0 Å². The van der Waals surface area contributed by atoms with Gasteiger partial charge in [-0.25, -0.2) is 4.39 Å². The molecule has 0 spiro atoms. The molecule has 1 nitrogen and oxygen atoms in total. The lowest BCUT2D eigenvalue weighted by Crippen LogP contribution is -2.11. The third kappa shape index (κ3) is 3.95. The Bertz CT molecular complexity index is 533. The van der Waals surface area contributed by atoms with Gasteiger partial charge in [0.05, 0.1) is 11.6 Å². The lowest BCUT2D eigenvalue weighted by molar-refractivity contribution is 0.297. The molecule has 0 saturated carbocycles. The second-order valence-electron chi connectivity index (χ2n) is 4.15. The number of hydrogen-bond donors (Lipinski definition) is 0. The first-order valence-electron chi connectivity index (χ1n) is 5.89. The van der Waals surface area contributed by atoms with Crippen LogP contribution >= 0.6 is 27.5 Å². The van der Waals surface area contributed by atoms with Crippen LogP contribution in [-0.4, -0.2) is 11.9 Å². The quantitative estimate of drug-likeness (QED) is 0.691. The molecule has 0 aliphatic heterocycles. The highest BCUT2D eigenvalue weighted by molar-refractivity contribution is 9.09. The fourth-order valence-electron chi connectivity index (χ4n) is 1.72. The molecule has 0 saturated heterocycles. The van der Waals surface area contributed by atoms with Crippen LogP contribution in [0.3, 0.4) is 0 Å². The Kier molecular flexibility index (Phi) is 5.23.